The second-order valence-electron chi connectivity index (χ2n) is 4.54. The van der Waals surface area contributed by atoms with Crippen molar-refractivity contribution >= 4 is 21.8 Å². The standard InChI is InChI=1S/C11H18BrN3O/c1-5-11(3,4)14-10(16)8(2)15-7-9(12)6-13-15/h6-8H,5H2,1-4H3,(H,14,16). The molecule has 0 saturated heterocycles. The second kappa shape index (κ2) is 4.99. The Kier molecular flexibility index (Phi) is 4.13. The summed E-state index contributed by atoms with van der Waals surface area (Å²) in [5.41, 5.74) is -0.171. The number of carbonyl (C=O) groups is 1. The number of nitrogens with one attached hydrogen (secondary N) is 1. The summed E-state index contributed by atoms with van der Waals surface area (Å²) in [4.78, 5) is 11.9. The highest BCUT2D eigenvalue weighted by Crippen LogP contribution is 2.14. The van der Waals surface area contributed by atoms with Crippen molar-refractivity contribution in [3.63, 3.8) is 0 Å². The average molecular weight is 288 g/mol. The van der Waals surface area contributed by atoms with Crippen LogP contribution in [0.25, 0.3) is 0 Å². The van der Waals surface area contributed by atoms with E-state index in [1.54, 1.807) is 17.1 Å². The Morgan fingerprint density at radius 3 is 2.75 bits per heavy atom. The lowest BCUT2D eigenvalue weighted by Crippen LogP contribution is -2.45. The third-order valence-corrected chi connectivity index (χ3v) is 3.10. The summed E-state index contributed by atoms with van der Waals surface area (Å²) in [6.45, 7) is 7.91. The van der Waals surface area contributed by atoms with Crippen molar-refractivity contribution in [2.45, 2.75) is 45.7 Å². The molecule has 0 aromatic carbocycles. The predicted octanol–water partition coefficient (Wildman–Crippen LogP) is 2.51. The van der Waals surface area contributed by atoms with E-state index in [0.717, 1.165) is 10.9 Å². The van der Waals surface area contributed by atoms with Gasteiger partial charge in [0, 0.05) is 11.7 Å². The van der Waals surface area contributed by atoms with Crippen molar-refractivity contribution in [1.82, 2.24) is 15.1 Å². The first kappa shape index (κ1) is 13.2. The third-order valence-electron chi connectivity index (χ3n) is 2.69. The molecule has 1 N–H and O–H groups in total. The fraction of sp³-hybridized carbons (Fsp3) is 0.636. The molecule has 1 rings (SSSR count). The molecule has 0 radical (unpaired) electrons. The molecule has 0 fully saturated rings. The zero-order valence-electron chi connectivity index (χ0n) is 10.1. The van der Waals surface area contributed by atoms with E-state index in [1.165, 1.54) is 0 Å². The van der Waals surface area contributed by atoms with Gasteiger partial charge in [-0.25, -0.2) is 0 Å². The number of aromatic nitrogens is 2. The monoisotopic (exact) mass is 287 g/mol. The SMILES string of the molecule is CCC(C)(C)NC(=O)C(C)n1cc(Br)cn1. The molecule has 1 heterocycles. The van der Waals surface area contributed by atoms with Gasteiger partial charge in [0.2, 0.25) is 5.91 Å². The molecule has 0 aliphatic heterocycles. The summed E-state index contributed by atoms with van der Waals surface area (Å²) in [5.74, 6) is -0.0116. The van der Waals surface area contributed by atoms with E-state index in [-0.39, 0.29) is 17.5 Å². The quantitative estimate of drug-likeness (QED) is 0.925. The summed E-state index contributed by atoms with van der Waals surface area (Å²) < 4.78 is 2.52. The number of carbonyl (C=O) groups excluding carboxylic acids is 1. The van der Waals surface area contributed by atoms with E-state index >= 15 is 0 Å². The largest absolute Gasteiger partial charge is 0.349 e. The number of hydrogen-bond donors (Lipinski definition) is 1. The van der Waals surface area contributed by atoms with E-state index < -0.39 is 0 Å². The maximum absolute atomic E-state index is 11.9. The van der Waals surface area contributed by atoms with Crippen LogP contribution in [0.3, 0.4) is 0 Å². The molecule has 0 saturated carbocycles. The van der Waals surface area contributed by atoms with Gasteiger partial charge in [0.25, 0.3) is 0 Å². The van der Waals surface area contributed by atoms with Crippen molar-refractivity contribution < 1.29 is 4.79 Å². The Morgan fingerprint density at radius 2 is 2.31 bits per heavy atom. The molecule has 5 heteroatoms. The molecular formula is C11H18BrN3O. The molecule has 1 amide bonds. The highest BCUT2D eigenvalue weighted by molar-refractivity contribution is 9.10. The van der Waals surface area contributed by atoms with Gasteiger partial charge in [-0.2, -0.15) is 5.10 Å². The van der Waals surface area contributed by atoms with E-state index in [1.807, 2.05) is 20.8 Å². The Labute approximate surface area is 105 Å². The van der Waals surface area contributed by atoms with Crippen LogP contribution in [0.2, 0.25) is 0 Å². The zero-order valence-corrected chi connectivity index (χ0v) is 11.7. The fourth-order valence-corrected chi connectivity index (χ4v) is 1.47. The topological polar surface area (TPSA) is 46.9 Å². The van der Waals surface area contributed by atoms with Crippen LogP contribution in [0.4, 0.5) is 0 Å². The van der Waals surface area contributed by atoms with Crippen LogP contribution >= 0.6 is 15.9 Å². The van der Waals surface area contributed by atoms with Crippen LogP contribution in [0, 0.1) is 0 Å². The summed E-state index contributed by atoms with van der Waals surface area (Å²) in [7, 11) is 0. The minimum atomic E-state index is -0.294. The van der Waals surface area contributed by atoms with E-state index in [2.05, 4.69) is 33.3 Å². The Bertz CT molecular complexity index is 373. The number of halogens is 1. The van der Waals surface area contributed by atoms with Crippen LogP contribution < -0.4 is 5.32 Å². The van der Waals surface area contributed by atoms with Gasteiger partial charge in [-0.05, 0) is 43.1 Å². The molecule has 1 aromatic heterocycles. The minimum absolute atomic E-state index is 0.0116. The Morgan fingerprint density at radius 1 is 1.69 bits per heavy atom. The van der Waals surface area contributed by atoms with Crippen molar-refractivity contribution in [3.05, 3.63) is 16.9 Å². The van der Waals surface area contributed by atoms with Gasteiger partial charge < -0.3 is 5.32 Å². The molecule has 1 aromatic rings. The summed E-state index contributed by atoms with van der Waals surface area (Å²) >= 11 is 3.31. The van der Waals surface area contributed by atoms with Gasteiger partial charge in [-0.1, -0.05) is 6.92 Å². The Hall–Kier alpha value is -0.840. The van der Waals surface area contributed by atoms with Gasteiger partial charge in [0.05, 0.1) is 10.7 Å². The molecular weight excluding hydrogens is 270 g/mol. The lowest BCUT2D eigenvalue weighted by molar-refractivity contribution is -0.125. The van der Waals surface area contributed by atoms with Crippen molar-refractivity contribution in [3.8, 4) is 0 Å². The molecule has 0 spiro atoms. The highest BCUT2D eigenvalue weighted by atomic mass is 79.9. The summed E-state index contributed by atoms with van der Waals surface area (Å²) in [6.07, 6.45) is 4.37. The van der Waals surface area contributed by atoms with Crippen LogP contribution in [-0.4, -0.2) is 21.2 Å². The maximum atomic E-state index is 11.9. The van der Waals surface area contributed by atoms with Crippen molar-refractivity contribution in [2.24, 2.45) is 0 Å². The van der Waals surface area contributed by atoms with Crippen molar-refractivity contribution in [2.75, 3.05) is 0 Å². The first-order valence-electron chi connectivity index (χ1n) is 5.37. The molecule has 0 aliphatic carbocycles. The number of nitrogens with zero attached hydrogens (tertiary/aromatic N) is 2. The van der Waals surface area contributed by atoms with Gasteiger partial charge in [-0.3, -0.25) is 9.48 Å². The predicted molar refractivity (Wildman–Crippen MR) is 67.2 cm³/mol. The molecule has 0 bridgehead atoms. The lowest BCUT2D eigenvalue weighted by Gasteiger charge is -2.26. The third kappa shape index (κ3) is 3.33. The normalized spacial score (nSPS) is 13.6. The molecule has 16 heavy (non-hydrogen) atoms. The van der Waals surface area contributed by atoms with Crippen LogP contribution in [0.1, 0.15) is 40.2 Å². The zero-order chi connectivity index (χ0) is 12.3. The van der Waals surface area contributed by atoms with E-state index in [4.69, 9.17) is 0 Å². The molecule has 4 nitrogen and oxygen atoms in total. The minimum Gasteiger partial charge on any atom is -0.349 e. The second-order valence-corrected chi connectivity index (χ2v) is 5.46. The Balaban J connectivity index is 2.68. The number of hydrogen-bond acceptors (Lipinski definition) is 2. The molecule has 90 valence electrons. The molecule has 1 atom stereocenters. The van der Waals surface area contributed by atoms with Gasteiger partial charge in [-0.15, -0.1) is 0 Å². The lowest BCUT2D eigenvalue weighted by atomic mass is 10.0. The van der Waals surface area contributed by atoms with E-state index in [0.29, 0.717) is 0 Å². The maximum Gasteiger partial charge on any atom is 0.244 e. The van der Waals surface area contributed by atoms with Crippen molar-refractivity contribution in [1.29, 1.82) is 0 Å². The van der Waals surface area contributed by atoms with Gasteiger partial charge in [0.15, 0.2) is 0 Å². The molecule has 1 unspecified atom stereocenters. The van der Waals surface area contributed by atoms with Gasteiger partial charge in [0.1, 0.15) is 6.04 Å². The first-order chi connectivity index (χ1) is 7.35. The average Bonchev–Trinajstić information content (AvgIpc) is 2.63. The van der Waals surface area contributed by atoms with E-state index in [9.17, 15) is 4.79 Å². The number of amides is 1. The molecule has 0 aliphatic rings. The highest BCUT2D eigenvalue weighted by Gasteiger charge is 2.23. The van der Waals surface area contributed by atoms with Crippen LogP contribution in [0.15, 0.2) is 16.9 Å². The summed E-state index contributed by atoms with van der Waals surface area (Å²) in [5, 5.41) is 7.10. The fourth-order valence-electron chi connectivity index (χ4n) is 1.17. The first-order valence-corrected chi connectivity index (χ1v) is 6.16. The van der Waals surface area contributed by atoms with Crippen LogP contribution in [-0.2, 0) is 4.79 Å². The van der Waals surface area contributed by atoms with Gasteiger partial charge >= 0.3 is 0 Å². The summed E-state index contributed by atoms with van der Waals surface area (Å²) in [6, 6.07) is -0.294. The smallest absolute Gasteiger partial charge is 0.244 e. The van der Waals surface area contributed by atoms with Crippen LogP contribution in [0.5, 0.6) is 0 Å². The number of rotatable bonds is 4.